The van der Waals surface area contributed by atoms with Crippen LogP contribution in [0.5, 0.6) is 0 Å². The minimum Gasteiger partial charge on any atom is -0.348 e. The quantitative estimate of drug-likeness (QED) is 0.782. The van der Waals surface area contributed by atoms with Crippen LogP contribution in [-0.4, -0.2) is 38.4 Å². The van der Waals surface area contributed by atoms with Gasteiger partial charge in [-0.3, -0.25) is 4.79 Å². The molecule has 3 heterocycles. The number of nitrogens with zero attached hydrogens (tertiary/aromatic N) is 3. The molecule has 1 fully saturated rings. The van der Waals surface area contributed by atoms with Crippen LogP contribution in [0.25, 0.3) is 5.69 Å². The van der Waals surface area contributed by atoms with E-state index in [9.17, 15) is 4.79 Å². The van der Waals surface area contributed by atoms with E-state index in [4.69, 9.17) is 0 Å². The number of H-pyrrole nitrogens is 1. The number of imidazole rings is 1. The topological polar surface area (TPSA) is 53.9 Å². The second-order valence-electron chi connectivity index (χ2n) is 7.02. The Morgan fingerprint density at radius 2 is 2.04 bits per heavy atom. The van der Waals surface area contributed by atoms with Gasteiger partial charge < -0.3 is 14.5 Å². The third kappa shape index (κ3) is 2.94. The molecule has 1 aliphatic heterocycles. The van der Waals surface area contributed by atoms with E-state index in [2.05, 4.69) is 33.6 Å². The average Bonchev–Trinajstić information content (AvgIpc) is 3.30. The van der Waals surface area contributed by atoms with E-state index in [0.29, 0.717) is 5.92 Å². The van der Waals surface area contributed by atoms with Gasteiger partial charge in [0.1, 0.15) is 5.82 Å². The van der Waals surface area contributed by atoms with Crippen LogP contribution in [0.3, 0.4) is 0 Å². The van der Waals surface area contributed by atoms with Crippen LogP contribution in [-0.2, 0) is 0 Å². The smallest absolute Gasteiger partial charge is 0.255 e. The molecule has 0 aliphatic carbocycles. The molecule has 0 spiro atoms. The fraction of sp³-hybridized carbons (Fsp3) is 0.333. The number of rotatable bonds is 3. The number of aromatic amines is 1. The Kier molecular flexibility index (Phi) is 4.37. The lowest BCUT2D eigenvalue weighted by molar-refractivity contribution is 0.0704. The molecule has 1 saturated heterocycles. The lowest BCUT2D eigenvalue weighted by atomic mass is 9.96. The molecule has 2 aromatic heterocycles. The van der Waals surface area contributed by atoms with E-state index >= 15 is 0 Å². The van der Waals surface area contributed by atoms with Crippen molar-refractivity contribution in [3.63, 3.8) is 0 Å². The maximum atomic E-state index is 13.2. The van der Waals surface area contributed by atoms with E-state index in [1.165, 1.54) is 0 Å². The van der Waals surface area contributed by atoms with Crippen LogP contribution in [0.4, 0.5) is 0 Å². The molecule has 0 saturated carbocycles. The largest absolute Gasteiger partial charge is 0.348 e. The zero-order chi connectivity index (χ0) is 18.1. The van der Waals surface area contributed by atoms with Gasteiger partial charge in [0.25, 0.3) is 5.91 Å². The van der Waals surface area contributed by atoms with Gasteiger partial charge in [-0.25, -0.2) is 4.98 Å². The molecule has 1 N–H and O–H groups in total. The predicted octanol–water partition coefficient (Wildman–Crippen LogP) is 3.84. The summed E-state index contributed by atoms with van der Waals surface area (Å²) in [7, 11) is 0. The highest BCUT2D eigenvalue weighted by Crippen LogP contribution is 2.27. The lowest BCUT2D eigenvalue weighted by Gasteiger charge is -2.32. The minimum absolute atomic E-state index is 0.122. The summed E-state index contributed by atoms with van der Waals surface area (Å²) >= 11 is 0. The maximum Gasteiger partial charge on any atom is 0.255 e. The molecule has 3 aromatic rings. The van der Waals surface area contributed by atoms with Gasteiger partial charge >= 0.3 is 0 Å². The van der Waals surface area contributed by atoms with E-state index in [1.54, 1.807) is 6.20 Å². The van der Waals surface area contributed by atoms with Gasteiger partial charge in [0.2, 0.25) is 0 Å². The first-order chi connectivity index (χ1) is 12.6. The van der Waals surface area contributed by atoms with E-state index in [-0.39, 0.29) is 5.91 Å². The van der Waals surface area contributed by atoms with E-state index in [1.807, 2.05) is 42.3 Å². The second-order valence-corrected chi connectivity index (χ2v) is 7.02. The highest BCUT2D eigenvalue weighted by Gasteiger charge is 2.28. The summed E-state index contributed by atoms with van der Waals surface area (Å²) in [5.41, 5.74) is 3.97. The first-order valence-electron chi connectivity index (χ1n) is 9.18. The van der Waals surface area contributed by atoms with Gasteiger partial charge in [0, 0.05) is 48.5 Å². The standard InChI is InChI=1S/C21H24N4O/c1-15-13-19(16(2)25(15)18-8-4-3-5-9-18)21(26)24-12-6-7-17(14-24)20-22-10-11-23-20/h3-5,8-11,13,17H,6-7,12,14H2,1-2H3,(H,22,23)/t17-/m1/s1. The first kappa shape index (κ1) is 16.6. The van der Waals surface area contributed by atoms with Crippen molar-refractivity contribution in [2.24, 2.45) is 0 Å². The maximum absolute atomic E-state index is 13.2. The van der Waals surface area contributed by atoms with Gasteiger partial charge in [-0.2, -0.15) is 0 Å². The van der Waals surface area contributed by atoms with Crippen molar-refractivity contribution in [2.45, 2.75) is 32.6 Å². The molecule has 1 atom stereocenters. The van der Waals surface area contributed by atoms with Crippen molar-refractivity contribution in [1.29, 1.82) is 0 Å². The van der Waals surface area contributed by atoms with Gasteiger partial charge in [0.05, 0.1) is 5.56 Å². The fourth-order valence-electron chi connectivity index (χ4n) is 4.01. The van der Waals surface area contributed by atoms with Gasteiger partial charge in [-0.05, 0) is 44.9 Å². The number of aryl methyl sites for hydroxylation is 1. The van der Waals surface area contributed by atoms with Crippen LogP contribution in [0.1, 0.15) is 46.3 Å². The summed E-state index contributed by atoms with van der Waals surface area (Å²) in [5.74, 6) is 1.40. The summed E-state index contributed by atoms with van der Waals surface area (Å²) in [6.45, 7) is 5.62. The van der Waals surface area contributed by atoms with Crippen molar-refractivity contribution in [2.75, 3.05) is 13.1 Å². The van der Waals surface area contributed by atoms with Crippen LogP contribution >= 0.6 is 0 Å². The molecule has 0 bridgehead atoms. The fourth-order valence-corrected chi connectivity index (χ4v) is 4.01. The number of carbonyl (C=O) groups excluding carboxylic acids is 1. The predicted molar refractivity (Wildman–Crippen MR) is 102 cm³/mol. The van der Waals surface area contributed by atoms with Crippen molar-refractivity contribution >= 4 is 5.91 Å². The summed E-state index contributed by atoms with van der Waals surface area (Å²) in [5, 5.41) is 0. The molecule has 0 radical (unpaired) electrons. The van der Waals surface area contributed by atoms with Crippen LogP contribution < -0.4 is 0 Å². The highest BCUT2D eigenvalue weighted by atomic mass is 16.2. The number of amides is 1. The first-order valence-corrected chi connectivity index (χ1v) is 9.18. The second kappa shape index (κ2) is 6.83. The molecular weight excluding hydrogens is 324 g/mol. The van der Waals surface area contributed by atoms with E-state index in [0.717, 1.165) is 54.4 Å². The molecular formula is C21H24N4O. The third-order valence-corrected chi connectivity index (χ3v) is 5.29. The number of hydrogen-bond acceptors (Lipinski definition) is 2. The van der Waals surface area contributed by atoms with Crippen LogP contribution in [0, 0.1) is 13.8 Å². The summed E-state index contributed by atoms with van der Waals surface area (Å²) in [4.78, 5) is 22.8. The summed E-state index contributed by atoms with van der Waals surface area (Å²) in [6, 6.07) is 12.2. The Morgan fingerprint density at radius 1 is 1.23 bits per heavy atom. The third-order valence-electron chi connectivity index (χ3n) is 5.29. The van der Waals surface area contributed by atoms with Crippen LogP contribution in [0.15, 0.2) is 48.8 Å². The number of benzene rings is 1. The Bertz CT molecular complexity index is 896. The summed E-state index contributed by atoms with van der Waals surface area (Å²) in [6.07, 6.45) is 5.71. The van der Waals surface area contributed by atoms with Crippen molar-refractivity contribution in [1.82, 2.24) is 19.4 Å². The summed E-state index contributed by atoms with van der Waals surface area (Å²) < 4.78 is 2.15. The highest BCUT2D eigenvalue weighted by molar-refractivity contribution is 5.96. The number of carbonyl (C=O) groups is 1. The van der Waals surface area contributed by atoms with Crippen molar-refractivity contribution < 1.29 is 4.79 Å². The number of para-hydroxylation sites is 1. The Balaban J connectivity index is 1.61. The number of nitrogens with one attached hydrogen (secondary N) is 1. The lowest BCUT2D eigenvalue weighted by Crippen LogP contribution is -2.39. The molecule has 26 heavy (non-hydrogen) atoms. The monoisotopic (exact) mass is 348 g/mol. The number of piperidine rings is 1. The Morgan fingerprint density at radius 3 is 2.77 bits per heavy atom. The average molecular weight is 348 g/mol. The molecule has 4 rings (SSSR count). The number of hydrogen-bond donors (Lipinski definition) is 1. The van der Waals surface area contributed by atoms with Crippen molar-refractivity contribution in [3.8, 4) is 5.69 Å². The van der Waals surface area contributed by atoms with Crippen molar-refractivity contribution in [3.05, 3.63) is 71.6 Å². The molecule has 0 unspecified atom stereocenters. The van der Waals surface area contributed by atoms with Gasteiger partial charge in [-0.15, -0.1) is 0 Å². The molecule has 1 aliphatic rings. The Labute approximate surface area is 153 Å². The molecule has 134 valence electrons. The molecule has 5 nitrogen and oxygen atoms in total. The molecule has 1 aromatic carbocycles. The zero-order valence-electron chi connectivity index (χ0n) is 15.3. The Hall–Kier alpha value is -2.82. The SMILES string of the molecule is Cc1cc(C(=O)N2CCC[C@@H](c3ncc[nH]3)C2)c(C)n1-c1ccccc1. The van der Waals surface area contributed by atoms with E-state index < -0.39 is 0 Å². The minimum atomic E-state index is 0.122. The van der Waals surface area contributed by atoms with Gasteiger partial charge in [-0.1, -0.05) is 18.2 Å². The number of aromatic nitrogens is 3. The molecule has 1 amide bonds. The number of likely N-dealkylation sites (tertiary alicyclic amines) is 1. The molecule has 5 heteroatoms. The normalized spacial score (nSPS) is 17.5. The zero-order valence-corrected chi connectivity index (χ0v) is 15.3. The van der Waals surface area contributed by atoms with Gasteiger partial charge in [0.15, 0.2) is 0 Å². The van der Waals surface area contributed by atoms with Crippen LogP contribution in [0.2, 0.25) is 0 Å².